The molecule has 0 N–H and O–H groups in total. The fraction of sp³-hybridized carbons (Fsp3) is 0.350. The number of pyridine rings is 1. The first-order valence-corrected chi connectivity index (χ1v) is 8.87. The summed E-state index contributed by atoms with van der Waals surface area (Å²) in [5.41, 5.74) is 1.66. The van der Waals surface area contributed by atoms with Crippen molar-refractivity contribution in [1.29, 1.82) is 0 Å². The van der Waals surface area contributed by atoms with Crippen molar-refractivity contribution < 1.29 is 9.13 Å². The highest BCUT2D eigenvalue weighted by atomic mass is 35.5. The van der Waals surface area contributed by atoms with Crippen LogP contribution in [-0.4, -0.2) is 30.1 Å². The second kappa shape index (κ2) is 8.45. The van der Waals surface area contributed by atoms with Crippen LogP contribution in [0.25, 0.3) is 6.08 Å². The molecule has 5 heteroatoms. The van der Waals surface area contributed by atoms with E-state index >= 15 is 0 Å². The van der Waals surface area contributed by atoms with Crippen molar-refractivity contribution in [2.75, 3.05) is 20.2 Å². The molecule has 3 nitrogen and oxygen atoms in total. The molecule has 1 aromatic carbocycles. The van der Waals surface area contributed by atoms with E-state index in [1.807, 2.05) is 18.2 Å². The van der Waals surface area contributed by atoms with Gasteiger partial charge in [-0.2, -0.15) is 0 Å². The highest BCUT2D eigenvalue weighted by Gasteiger charge is 2.19. The third-order valence-corrected chi connectivity index (χ3v) is 4.77. The molecule has 0 amide bonds. The number of ether oxygens (including phenoxy) is 1. The molecule has 1 aliphatic heterocycles. The van der Waals surface area contributed by atoms with Gasteiger partial charge in [-0.05, 0) is 44.0 Å². The van der Waals surface area contributed by atoms with Gasteiger partial charge in [0, 0.05) is 23.9 Å². The molecule has 0 spiro atoms. The Hall–Kier alpha value is -1.91. The molecular formula is C20H22ClFN2O. The maximum atomic E-state index is 13.7. The zero-order valence-electron chi connectivity index (χ0n) is 14.3. The van der Waals surface area contributed by atoms with Crippen molar-refractivity contribution in [1.82, 2.24) is 9.88 Å². The van der Waals surface area contributed by atoms with Crippen LogP contribution in [0, 0.1) is 11.7 Å². The van der Waals surface area contributed by atoms with E-state index < -0.39 is 0 Å². The van der Waals surface area contributed by atoms with Crippen LogP contribution < -0.4 is 4.74 Å². The number of aromatic nitrogens is 1. The molecule has 2 heterocycles. The summed E-state index contributed by atoms with van der Waals surface area (Å²) in [4.78, 5) is 6.60. The van der Waals surface area contributed by atoms with Crippen LogP contribution in [0.3, 0.4) is 0 Å². The van der Waals surface area contributed by atoms with Crippen molar-refractivity contribution >= 4 is 17.7 Å². The van der Waals surface area contributed by atoms with Gasteiger partial charge in [-0.1, -0.05) is 42.0 Å². The lowest BCUT2D eigenvalue weighted by molar-refractivity contribution is 0.193. The molecule has 1 aliphatic rings. The van der Waals surface area contributed by atoms with Gasteiger partial charge < -0.3 is 4.74 Å². The van der Waals surface area contributed by atoms with E-state index in [0.717, 1.165) is 38.0 Å². The Morgan fingerprint density at radius 1 is 1.32 bits per heavy atom. The lowest BCUT2D eigenvalue weighted by Crippen LogP contribution is -2.32. The van der Waals surface area contributed by atoms with E-state index in [9.17, 15) is 4.39 Å². The molecule has 0 aliphatic carbocycles. The summed E-state index contributed by atoms with van der Waals surface area (Å²) in [5, 5.41) is 0.624. The molecule has 0 radical (unpaired) electrons. The summed E-state index contributed by atoms with van der Waals surface area (Å²) >= 11 is 6.05. The van der Waals surface area contributed by atoms with Gasteiger partial charge in [-0.25, -0.2) is 9.37 Å². The number of hydrogen-bond acceptors (Lipinski definition) is 3. The number of halogens is 2. The van der Waals surface area contributed by atoms with Gasteiger partial charge in [0.1, 0.15) is 5.82 Å². The minimum atomic E-state index is -0.170. The lowest BCUT2D eigenvalue weighted by Gasteiger charge is -2.30. The number of methoxy groups -OCH3 is 1. The minimum absolute atomic E-state index is 0.170. The van der Waals surface area contributed by atoms with Crippen LogP contribution in [0.5, 0.6) is 5.88 Å². The molecule has 0 unspecified atom stereocenters. The number of allylic oxidation sites excluding steroid dienone is 1. The first-order chi connectivity index (χ1) is 12.2. The molecule has 2 aromatic rings. The quantitative estimate of drug-likeness (QED) is 0.765. The highest BCUT2D eigenvalue weighted by Crippen LogP contribution is 2.25. The second-order valence-electron chi connectivity index (χ2n) is 6.32. The van der Waals surface area contributed by atoms with Crippen LogP contribution in [0.2, 0.25) is 5.02 Å². The Morgan fingerprint density at radius 2 is 2.08 bits per heavy atom. The summed E-state index contributed by atoms with van der Waals surface area (Å²) in [6, 6.07) is 8.79. The zero-order chi connectivity index (χ0) is 17.6. The Bertz CT molecular complexity index is 742. The summed E-state index contributed by atoms with van der Waals surface area (Å²) in [5.74, 6) is 0.943. The van der Waals surface area contributed by atoms with Gasteiger partial charge in [0.2, 0.25) is 5.88 Å². The Labute approximate surface area is 153 Å². The van der Waals surface area contributed by atoms with Gasteiger partial charge in [0.15, 0.2) is 0 Å². The van der Waals surface area contributed by atoms with Crippen molar-refractivity contribution in [3.05, 3.63) is 64.6 Å². The molecular weight excluding hydrogens is 339 g/mol. The standard InChI is InChI=1S/C20H22ClFN2O/c1-25-20-17(12-18(21)13-23-20)14-24-10-8-15(9-11-24)6-7-16-4-2-3-5-19(16)22/h2-7,12-13,15H,8-11,14H2,1H3/b7-6+. The average molecular weight is 361 g/mol. The highest BCUT2D eigenvalue weighted by molar-refractivity contribution is 6.30. The van der Waals surface area contributed by atoms with Crippen molar-refractivity contribution in [3.8, 4) is 5.88 Å². The molecule has 1 aromatic heterocycles. The molecule has 0 saturated carbocycles. The number of hydrogen-bond donors (Lipinski definition) is 0. The van der Waals surface area contributed by atoms with E-state index in [-0.39, 0.29) is 5.82 Å². The molecule has 1 fully saturated rings. The third kappa shape index (κ3) is 4.80. The molecule has 25 heavy (non-hydrogen) atoms. The number of rotatable bonds is 5. The van der Waals surface area contributed by atoms with E-state index in [4.69, 9.17) is 16.3 Å². The van der Waals surface area contributed by atoms with Crippen LogP contribution in [0.15, 0.2) is 42.6 Å². The molecule has 132 valence electrons. The van der Waals surface area contributed by atoms with Crippen molar-refractivity contribution in [2.45, 2.75) is 19.4 Å². The number of nitrogens with zero attached hydrogens (tertiary/aromatic N) is 2. The van der Waals surface area contributed by atoms with E-state index in [2.05, 4.69) is 16.0 Å². The molecule has 3 rings (SSSR count). The van der Waals surface area contributed by atoms with Crippen molar-refractivity contribution in [3.63, 3.8) is 0 Å². The first-order valence-electron chi connectivity index (χ1n) is 8.49. The number of likely N-dealkylation sites (tertiary alicyclic amines) is 1. The summed E-state index contributed by atoms with van der Waals surface area (Å²) < 4.78 is 19.0. The van der Waals surface area contributed by atoms with E-state index in [1.165, 1.54) is 6.07 Å². The summed E-state index contributed by atoms with van der Waals surface area (Å²) in [7, 11) is 1.62. The Kier molecular flexibility index (Phi) is 6.05. The monoisotopic (exact) mass is 360 g/mol. The normalized spacial score (nSPS) is 16.4. The largest absolute Gasteiger partial charge is 0.481 e. The van der Waals surface area contributed by atoms with Crippen LogP contribution >= 0.6 is 11.6 Å². The van der Waals surface area contributed by atoms with Gasteiger partial charge in [-0.3, -0.25) is 4.90 Å². The maximum Gasteiger partial charge on any atom is 0.217 e. The topological polar surface area (TPSA) is 25.4 Å². The first kappa shape index (κ1) is 17.9. The molecule has 0 bridgehead atoms. The van der Waals surface area contributed by atoms with Crippen LogP contribution in [-0.2, 0) is 6.54 Å². The van der Waals surface area contributed by atoms with Crippen molar-refractivity contribution in [2.24, 2.45) is 5.92 Å². The SMILES string of the molecule is COc1ncc(Cl)cc1CN1CCC(/C=C/c2ccccc2F)CC1. The Balaban J connectivity index is 1.56. The number of piperidine rings is 1. The Morgan fingerprint density at radius 3 is 2.80 bits per heavy atom. The third-order valence-electron chi connectivity index (χ3n) is 4.56. The molecule has 1 saturated heterocycles. The second-order valence-corrected chi connectivity index (χ2v) is 6.75. The average Bonchev–Trinajstić information content (AvgIpc) is 2.62. The predicted molar refractivity (Wildman–Crippen MR) is 99.2 cm³/mol. The van der Waals surface area contributed by atoms with E-state index in [1.54, 1.807) is 25.4 Å². The smallest absolute Gasteiger partial charge is 0.217 e. The fourth-order valence-electron chi connectivity index (χ4n) is 3.16. The predicted octanol–water partition coefficient (Wildman–Crippen LogP) is 4.81. The fourth-order valence-corrected chi connectivity index (χ4v) is 3.34. The maximum absolute atomic E-state index is 13.7. The molecule has 0 atom stereocenters. The van der Waals surface area contributed by atoms with Gasteiger partial charge in [-0.15, -0.1) is 0 Å². The minimum Gasteiger partial charge on any atom is -0.481 e. The van der Waals surface area contributed by atoms with Crippen LogP contribution in [0.4, 0.5) is 4.39 Å². The van der Waals surface area contributed by atoms with Gasteiger partial charge in [0.25, 0.3) is 0 Å². The van der Waals surface area contributed by atoms with Crippen LogP contribution in [0.1, 0.15) is 24.0 Å². The summed E-state index contributed by atoms with van der Waals surface area (Å²) in [6.45, 7) is 2.75. The van der Waals surface area contributed by atoms with Gasteiger partial charge >= 0.3 is 0 Å². The zero-order valence-corrected chi connectivity index (χ0v) is 15.0. The summed E-state index contributed by atoms with van der Waals surface area (Å²) in [6.07, 6.45) is 7.75. The van der Waals surface area contributed by atoms with Gasteiger partial charge in [0.05, 0.1) is 12.1 Å². The number of benzene rings is 1. The lowest BCUT2D eigenvalue weighted by atomic mass is 9.95. The van der Waals surface area contributed by atoms with E-state index in [0.29, 0.717) is 22.4 Å².